The van der Waals surface area contributed by atoms with E-state index in [1.165, 1.54) is 18.0 Å². The van der Waals surface area contributed by atoms with Crippen LogP contribution in [0.3, 0.4) is 0 Å². The standard InChI is InChI=1S/C26H21BrF3NO3S/c1-16-21-14-20(9-10-23(21)34-24(16)25(32)33)35-31(12-11-17-5-3-2-4-6-17)15-18-7-8-19(27)13-22(18)26(28,29)30/h2-10,13-14H,11-12,15H2,1H3,(H,32,33). The molecule has 0 unspecified atom stereocenters. The highest BCUT2D eigenvalue weighted by atomic mass is 79.9. The Morgan fingerprint density at radius 1 is 1.09 bits per heavy atom. The summed E-state index contributed by atoms with van der Waals surface area (Å²) in [5.74, 6) is -1.26. The normalized spacial score (nSPS) is 11.9. The van der Waals surface area contributed by atoms with Crippen LogP contribution in [-0.4, -0.2) is 21.9 Å². The molecule has 1 N–H and O–H groups in total. The van der Waals surface area contributed by atoms with Gasteiger partial charge in [0.05, 0.1) is 5.56 Å². The number of aryl methyl sites for hydroxylation is 1. The minimum absolute atomic E-state index is 0.0718. The molecule has 4 rings (SSSR count). The number of fused-ring (bicyclic) bond motifs is 1. The minimum Gasteiger partial charge on any atom is -0.475 e. The van der Waals surface area contributed by atoms with Gasteiger partial charge in [0.25, 0.3) is 0 Å². The van der Waals surface area contributed by atoms with Crippen molar-refractivity contribution in [3.63, 3.8) is 0 Å². The molecular formula is C26H21BrF3NO3S. The van der Waals surface area contributed by atoms with Gasteiger partial charge in [0.15, 0.2) is 0 Å². The first-order valence-corrected chi connectivity index (χ1v) is 12.3. The molecule has 0 amide bonds. The second-order valence-corrected chi connectivity index (χ2v) is 10.1. The summed E-state index contributed by atoms with van der Waals surface area (Å²) in [6.45, 7) is 2.25. The first-order valence-electron chi connectivity index (χ1n) is 10.7. The highest BCUT2D eigenvalue weighted by Crippen LogP contribution is 2.37. The number of carboxylic acids is 1. The van der Waals surface area contributed by atoms with Gasteiger partial charge >= 0.3 is 12.1 Å². The van der Waals surface area contributed by atoms with Crippen molar-refractivity contribution in [3.05, 3.63) is 99.2 Å². The van der Waals surface area contributed by atoms with Crippen LogP contribution in [0.2, 0.25) is 0 Å². The topological polar surface area (TPSA) is 53.7 Å². The smallest absolute Gasteiger partial charge is 0.416 e. The molecule has 9 heteroatoms. The van der Waals surface area contributed by atoms with Crippen LogP contribution in [0.25, 0.3) is 11.0 Å². The molecule has 35 heavy (non-hydrogen) atoms. The summed E-state index contributed by atoms with van der Waals surface area (Å²) in [5.41, 5.74) is 1.54. The molecule has 0 saturated carbocycles. The van der Waals surface area contributed by atoms with E-state index < -0.39 is 17.7 Å². The predicted molar refractivity (Wildman–Crippen MR) is 133 cm³/mol. The Morgan fingerprint density at radius 3 is 2.51 bits per heavy atom. The Bertz CT molecular complexity index is 1360. The molecule has 1 heterocycles. The molecule has 0 bridgehead atoms. The molecule has 0 spiro atoms. The zero-order chi connectivity index (χ0) is 25.2. The number of halogens is 4. The average Bonchev–Trinajstić information content (AvgIpc) is 3.15. The predicted octanol–water partition coefficient (Wildman–Crippen LogP) is 7.97. The van der Waals surface area contributed by atoms with E-state index in [2.05, 4.69) is 15.9 Å². The van der Waals surface area contributed by atoms with E-state index in [-0.39, 0.29) is 17.9 Å². The zero-order valence-electron chi connectivity index (χ0n) is 18.6. The summed E-state index contributed by atoms with van der Waals surface area (Å²) >= 11 is 4.48. The zero-order valence-corrected chi connectivity index (χ0v) is 21.0. The number of hydrogen-bond donors (Lipinski definition) is 1. The van der Waals surface area contributed by atoms with Crippen LogP contribution < -0.4 is 0 Å². The summed E-state index contributed by atoms with van der Waals surface area (Å²) in [7, 11) is 0. The molecule has 0 aliphatic rings. The highest BCUT2D eigenvalue weighted by Gasteiger charge is 2.34. The van der Waals surface area contributed by atoms with Gasteiger partial charge in [-0.15, -0.1) is 0 Å². The molecular weight excluding hydrogens is 543 g/mol. The number of carbonyl (C=O) groups is 1. The van der Waals surface area contributed by atoms with Gasteiger partial charge in [-0.3, -0.25) is 0 Å². The third-order valence-corrected chi connectivity index (χ3v) is 7.08. The number of hydrogen-bond acceptors (Lipinski definition) is 4. The quantitative estimate of drug-likeness (QED) is 0.220. The van der Waals surface area contributed by atoms with E-state index >= 15 is 0 Å². The van der Waals surface area contributed by atoms with Crippen LogP contribution >= 0.6 is 27.9 Å². The lowest BCUT2D eigenvalue weighted by atomic mass is 10.1. The van der Waals surface area contributed by atoms with Crippen molar-refractivity contribution < 1.29 is 27.5 Å². The second kappa shape index (κ2) is 10.5. The molecule has 1 aromatic heterocycles. The lowest BCUT2D eigenvalue weighted by Crippen LogP contribution is -2.21. The van der Waals surface area contributed by atoms with E-state index in [1.807, 2.05) is 40.7 Å². The Labute approximate surface area is 213 Å². The summed E-state index contributed by atoms with van der Waals surface area (Å²) in [5, 5.41) is 9.99. The highest BCUT2D eigenvalue weighted by molar-refractivity contribution is 9.10. The Hall–Kier alpha value is -2.75. The van der Waals surface area contributed by atoms with Crippen molar-refractivity contribution in [2.45, 2.75) is 31.0 Å². The first kappa shape index (κ1) is 25.3. The monoisotopic (exact) mass is 563 g/mol. The molecule has 0 saturated heterocycles. The van der Waals surface area contributed by atoms with Gasteiger partial charge in [0, 0.05) is 33.4 Å². The maximum absolute atomic E-state index is 13.7. The van der Waals surface area contributed by atoms with Crippen molar-refractivity contribution in [3.8, 4) is 0 Å². The van der Waals surface area contributed by atoms with Crippen molar-refractivity contribution in [2.24, 2.45) is 0 Å². The molecule has 0 atom stereocenters. The fourth-order valence-electron chi connectivity index (χ4n) is 3.81. The second-order valence-electron chi connectivity index (χ2n) is 8.01. The summed E-state index contributed by atoms with van der Waals surface area (Å²) in [6.07, 6.45) is -3.82. The van der Waals surface area contributed by atoms with Crippen molar-refractivity contribution in [1.82, 2.24) is 4.31 Å². The Balaban J connectivity index is 1.65. The van der Waals surface area contributed by atoms with Gasteiger partial charge in [-0.2, -0.15) is 13.2 Å². The van der Waals surface area contributed by atoms with Crippen LogP contribution in [0.4, 0.5) is 13.2 Å². The fourth-order valence-corrected chi connectivity index (χ4v) is 5.15. The van der Waals surface area contributed by atoms with Crippen molar-refractivity contribution in [2.75, 3.05) is 6.54 Å². The number of carboxylic acid groups (broad SMARTS) is 1. The number of furan rings is 1. The fraction of sp³-hybridized carbons (Fsp3) is 0.192. The Morgan fingerprint density at radius 2 is 1.83 bits per heavy atom. The minimum atomic E-state index is -4.48. The average molecular weight is 564 g/mol. The lowest BCUT2D eigenvalue weighted by molar-refractivity contribution is -0.138. The van der Waals surface area contributed by atoms with E-state index in [0.29, 0.717) is 34.0 Å². The molecule has 0 fully saturated rings. The number of aromatic carboxylic acids is 1. The molecule has 4 nitrogen and oxygen atoms in total. The third-order valence-electron chi connectivity index (χ3n) is 5.55. The van der Waals surface area contributed by atoms with Crippen molar-refractivity contribution in [1.29, 1.82) is 0 Å². The summed E-state index contributed by atoms with van der Waals surface area (Å²) in [4.78, 5) is 12.2. The van der Waals surface area contributed by atoms with Crippen molar-refractivity contribution >= 4 is 44.8 Å². The van der Waals surface area contributed by atoms with Gasteiger partial charge < -0.3 is 9.52 Å². The summed E-state index contributed by atoms with van der Waals surface area (Å²) in [6, 6.07) is 19.2. The van der Waals surface area contributed by atoms with Gasteiger partial charge in [-0.25, -0.2) is 9.10 Å². The van der Waals surface area contributed by atoms with Crippen LogP contribution in [0.15, 0.2) is 80.5 Å². The lowest BCUT2D eigenvalue weighted by Gasteiger charge is -2.23. The van der Waals surface area contributed by atoms with E-state index in [0.717, 1.165) is 16.5 Å². The number of nitrogens with zero attached hydrogens (tertiary/aromatic N) is 1. The van der Waals surface area contributed by atoms with Gasteiger partial charge in [-0.1, -0.05) is 52.3 Å². The van der Waals surface area contributed by atoms with E-state index in [1.54, 1.807) is 25.1 Å². The van der Waals surface area contributed by atoms with Gasteiger partial charge in [0.2, 0.25) is 5.76 Å². The van der Waals surface area contributed by atoms with Gasteiger partial charge in [-0.05, 0) is 66.8 Å². The van der Waals surface area contributed by atoms with E-state index in [9.17, 15) is 23.1 Å². The van der Waals surface area contributed by atoms with E-state index in [4.69, 9.17) is 4.42 Å². The number of benzene rings is 3. The van der Waals surface area contributed by atoms with Crippen LogP contribution in [-0.2, 0) is 19.1 Å². The SMILES string of the molecule is Cc1c(C(=O)O)oc2ccc(SN(CCc3ccccc3)Cc3ccc(Br)cc3C(F)(F)F)cc12. The maximum atomic E-state index is 13.7. The van der Waals surface area contributed by atoms with Crippen LogP contribution in [0.5, 0.6) is 0 Å². The third kappa shape index (κ3) is 6.09. The molecule has 0 aliphatic carbocycles. The first-order chi connectivity index (χ1) is 16.6. The largest absolute Gasteiger partial charge is 0.475 e. The maximum Gasteiger partial charge on any atom is 0.416 e. The number of alkyl halides is 3. The molecule has 4 aromatic rings. The van der Waals surface area contributed by atoms with Crippen LogP contribution in [0, 0.1) is 6.92 Å². The molecule has 0 radical (unpaired) electrons. The summed E-state index contributed by atoms with van der Waals surface area (Å²) < 4.78 is 48.9. The molecule has 0 aliphatic heterocycles. The molecule has 3 aromatic carbocycles. The van der Waals surface area contributed by atoms with Crippen LogP contribution in [0.1, 0.15) is 32.8 Å². The molecule has 182 valence electrons. The number of rotatable bonds is 8. The van der Waals surface area contributed by atoms with Gasteiger partial charge in [0.1, 0.15) is 5.58 Å². The Kier molecular flexibility index (Phi) is 7.59.